The number of carbonyl (C=O) groups excluding carboxylic acids is 1. The molecule has 2 amide bonds. The molecule has 156 valence electrons. The number of halogens is 1. The first-order valence-corrected chi connectivity index (χ1v) is 9.53. The van der Waals surface area contributed by atoms with Gasteiger partial charge in [-0.25, -0.2) is 4.79 Å². The van der Waals surface area contributed by atoms with E-state index in [1.54, 1.807) is 23.2 Å². The Bertz CT molecular complexity index is 871. The number of ether oxygens (including phenoxy) is 2. The van der Waals surface area contributed by atoms with Gasteiger partial charge in [0.2, 0.25) is 0 Å². The van der Waals surface area contributed by atoms with Crippen molar-refractivity contribution >= 4 is 34.8 Å². The molecule has 0 aliphatic carbocycles. The van der Waals surface area contributed by atoms with Gasteiger partial charge in [0.15, 0.2) is 5.82 Å². The minimum Gasteiger partial charge on any atom is -0.495 e. The third-order valence-corrected chi connectivity index (χ3v) is 5.05. The van der Waals surface area contributed by atoms with Crippen molar-refractivity contribution in [2.75, 3.05) is 69.6 Å². The van der Waals surface area contributed by atoms with Crippen molar-refractivity contribution in [3.63, 3.8) is 0 Å². The quantitative estimate of drug-likeness (QED) is 0.795. The minimum absolute atomic E-state index is 0.211. The van der Waals surface area contributed by atoms with E-state index >= 15 is 0 Å². The Kier molecular flexibility index (Phi) is 6.48. The van der Waals surface area contributed by atoms with Crippen molar-refractivity contribution in [3.8, 4) is 11.5 Å². The van der Waals surface area contributed by atoms with Crippen LogP contribution in [0, 0.1) is 0 Å². The molecule has 0 unspecified atom stereocenters. The Hall–Kier alpha value is -2.94. The lowest BCUT2D eigenvalue weighted by molar-refractivity contribution is 0.208. The number of carbonyl (C=O) groups is 1. The summed E-state index contributed by atoms with van der Waals surface area (Å²) in [6.07, 6.45) is 1.72. The smallest absolute Gasteiger partial charge is 0.322 e. The molecule has 29 heavy (non-hydrogen) atoms. The van der Waals surface area contributed by atoms with Crippen LogP contribution in [0.4, 0.5) is 22.0 Å². The van der Waals surface area contributed by atoms with Crippen LogP contribution in [-0.2, 0) is 0 Å². The normalized spacial score (nSPS) is 13.8. The maximum absolute atomic E-state index is 12.7. The van der Waals surface area contributed by atoms with E-state index in [1.165, 1.54) is 14.2 Å². The van der Waals surface area contributed by atoms with Crippen LogP contribution in [0.1, 0.15) is 0 Å². The highest BCUT2D eigenvalue weighted by Crippen LogP contribution is 2.36. The van der Waals surface area contributed by atoms with Crippen LogP contribution in [0.15, 0.2) is 24.4 Å². The summed E-state index contributed by atoms with van der Waals surface area (Å²) >= 11 is 6.18. The van der Waals surface area contributed by atoms with E-state index in [-0.39, 0.29) is 6.03 Å². The van der Waals surface area contributed by atoms with Crippen molar-refractivity contribution in [2.45, 2.75) is 0 Å². The summed E-state index contributed by atoms with van der Waals surface area (Å²) in [5.74, 6) is 1.77. The van der Waals surface area contributed by atoms with Gasteiger partial charge in [-0.15, -0.1) is 5.10 Å². The van der Waals surface area contributed by atoms with E-state index in [9.17, 15) is 4.79 Å². The Labute approximate surface area is 175 Å². The van der Waals surface area contributed by atoms with Gasteiger partial charge in [-0.3, -0.25) is 0 Å². The molecule has 1 saturated heterocycles. The molecule has 0 bridgehead atoms. The molecule has 1 fully saturated rings. The van der Waals surface area contributed by atoms with Gasteiger partial charge in [-0.1, -0.05) is 11.6 Å². The van der Waals surface area contributed by atoms with Crippen LogP contribution in [0.25, 0.3) is 0 Å². The van der Waals surface area contributed by atoms with E-state index in [2.05, 4.69) is 20.4 Å². The summed E-state index contributed by atoms with van der Waals surface area (Å²) in [5.41, 5.74) is 1.48. The monoisotopic (exact) mass is 420 g/mol. The lowest BCUT2D eigenvalue weighted by Gasteiger charge is -2.35. The number of urea groups is 1. The summed E-state index contributed by atoms with van der Waals surface area (Å²) < 4.78 is 10.5. The number of hydrogen-bond acceptors (Lipinski definition) is 7. The molecular weight excluding hydrogens is 396 g/mol. The molecule has 0 atom stereocenters. The Morgan fingerprint density at radius 3 is 2.41 bits per heavy atom. The molecule has 1 aliphatic rings. The first kappa shape index (κ1) is 20.8. The van der Waals surface area contributed by atoms with Crippen LogP contribution in [-0.4, -0.2) is 75.6 Å². The molecule has 0 radical (unpaired) electrons. The largest absolute Gasteiger partial charge is 0.495 e. The minimum atomic E-state index is -0.211. The fourth-order valence-electron chi connectivity index (χ4n) is 3.04. The summed E-state index contributed by atoms with van der Waals surface area (Å²) in [6, 6.07) is 5.05. The van der Waals surface area contributed by atoms with Crippen molar-refractivity contribution in [1.82, 2.24) is 15.1 Å². The third kappa shape index (κ3) is 4.73. The Morgan fingerprint density at radius 2 is 1.79 bits per heavy atom. The number of nitrogens with zero attached hydrogens (tertiary/aromatic N) is 5. The van der Waals surface area contributed by atoms with Crippen molar-refractivity contribution < 1.29 is 14.3 Å². The fraction of sp³-hybridized carbons (Fsp3) is 0.421. The lowest BCUT2D eigenvalue weighted by Crippen LogP contribution is -2.50. The molecule has 9 nitrogen and oxygen atoms in total. The average Bonchev–Trinajstić information content (AvgIpc) is 2.74. The standard InChI is InChI=1S/C19H25ClN6O3/c1-24(2)13-9-18(23-21-12-13)25-5-7-26(8-6-25)19(27)22-15-10-14(20)16(28-3)11-17(15)29-4/h9-12H,5-8H2,1-4H3,(H,22,27). The second kappa shape index (κ2) is 9.04. The number of amides is 2. The number of rotatable bonds is 5. The topological polar surface area (TPSA) is 83.1 Å². The first-order chi connectivity index (χ1) is 13.9. The van der Waals surface area contributed by atoms with Crippen LogP contribution >= 0.6 is 11.6 Å². The van der Waals surface area contributed by atoms with Crippen LogP contribution < -0.4 is 24.6 Å². The number of piperazine rings is 1. The molecule has 0 spiro atoms. The van der Waals surface area contributed by atoms with Gasteiger partial charge in [-0.2, -0.15) is 5.10 Å². The zero-order chi connectivity index (χ0) is 21.0. The van der Waals surface area contributed by atoms with Crippen molar-refractivity contribution in [1.29, 1.82) is 0 Å². The molecule has 1 aromatic carbocycles. The SMILES string of the molecule is COc1cc(OC)c(NC(=O)N2CCN(c3cc(N(C)C)cnn3)CC2)cc1Cl. The van der Waals surface area contributed by atoms with E-state index in [4.69, 9.17) is 21.1 Å². The van der Waals surface area contributed by atoms with Gasteiger partial charge < -0.3 is 29.5 Å². The van der Waals surface area contributed by atoms with E-state index in [0.717, 1.165) is 11.5 Å². The zero-order valence-electron chi connectivity index (χ0n) is 17.0. The van der Waals surface area contributed by atoms with E-state index < -0.39 is 0 Å². The Morgan fingerprint density at radius 1 is 1.10 bits per heavy atom. The van der Waals surface area contributed by atoms with E-state index in [0.29, 0.717) is 48.4 Å². The van der Waals surface area contributed by atoms with Crippen LogP contribution in [0.5, 0.6) is 11.5 Å². The summed E-state index contributed by atoms with van der Waals surface area (Å²) in [5, 5.41) is 11.6. The molecule has 1 N–H and O–H groups in total. The zero-order valence-corrected chi connectivity index (χ0v) is 17.7. The average molecular weight is 421 g/mol. The number of anilines is 3. The predicted molar refractivity (Wildman–Crippen MR) is 114 cm³/mol. The molecule has 0 saturated carbocycles. The molecule has 2 aromatic rings. The molecule has 2 heterocycles. The van der Waals surface area contributed by atoms with Gasteiger partial charge in [0, 0.05) is 52.4 Å². The lowest BCUT2D eigenvalue weighted by atomic mass is 10.2. The number of aromatic nitrogens is 2. The van der Waals surface area contributed by atoms with Crippen molar-refractivity contribution in [2.24, 2.45) is 0 Å². The second-order valence-electron chi connectivity index (χ2n) is 6.76. The van der Waals surface area contributed by atoms with Crippen LogP contribution in [0.2, 0.25) is 5.02 Å². The first-order valence-electron chi connectivity index (χ1n) is 9.15. The maximum atomic E-state index is 12.7. The highest BCUT2D eigenvalue weighted by molar-refractivity contribution is 6.32. The maximum Gasteiger partial charge on any atom is 0.322 e. The number of benzene rings is 1. The number of methoxy groups -OCH3 is 2. The molecule has 10 heteroatoms. The van der Waals surface area contributed by atoms with Gasteiger partial charge in [0.1, 0.15) is 11.5 Å². The summed E-state index contributed by atoms with van der Waals surface area (Å²) in [6.45, 7) is 2.46. The van der Waals surface area contributed by atoms with Gasteiger partial charge in [0.05, 0.1) is 36.8 Å². The molecule has 3 rings (SSSR count). The molecule has 1 aromatic heterocycles. The van der Waals surface area contributed by atoms with Gasteiger partial charge >= 0.3 is 6.03 Å². The second-order valence-corrected chi connectivity index (χ2v) is 7.16. The van der Waals surface area contributed by atoms with Crippen molar-refractivity contribution in [3.05, 3.63) is 29.4 Å². The fourth-order valence-corrected chi connectivity index (χ4v) is 3.28. The summed E-state index contributed by atoms with van der Waals surface area (Å²) in [7, 11) is 6.97. The van der Waals surface area contributed by atoms with E-state index in [1.807, 2.05) is 25.1 Å². The Balaban J connectivity index is 1.63. The highest BCUT2D eigenvalue weighted by atomic mass is 35.5. The summed E-state index contributed by atoms with van der Waals surface area (Å²) in [4.78, 5) is 18.6. The number of hydrogen-bond donors (Lipinski definition) is 1. The predicted octanol–water partition coefficient (Wildman–Crippen LogP) is 2.57. The highest BCUT2D eigenvalue weighted by Gasteiger charge is 2.23. The number of nitrogens with one attached hydrogen (secondary N) is 1. The van der Waals surface area contributed by atoms with Gasteiger partial charge in [-0.05, 0) is 6.07 Å². The molecular formula is C19H25ClN6O3. The molecule has 1 aliphatic heterocycles. The third-order valence-electron chi connectivity index (χ3n) is 4.75. The van der Waals surface area contributed by atoms with Crippen LogP contribution in [0.3, 0.4) is 0 Å². The van der Waals surface area contributed by atoms with Gasteiger partial charge in [0.25, 0.3) is 0 Å².